The van der Waals surface area contributed by atoms with Crippen LogP contribution in [0.5, 0.6) is 0 Å². The summed E-state index contributed by atoms with van der Waals surface area (Å²) in [6, 6.07) is 11.7. The molecule has 6 rings (SSSR count). The number of aromatic nitrogens is 3. The Morgan fingerprint density at radius 3 is 2.46 bits per heavy atom. The van der Waals surface area contributed by atoms with Gasteiger partial charge in [0.15, 0.2) is 11.6 Å². The average Bonchev–Trinajstić information content (AvgIpc) is 3.67. The highest BCUT2D eigenvalue weighted by molar-refractivity contribution is 6.31. The molecule has 0 spiro atoms. The molecule has 0 radical (unpaired) electrons. The van der Waals surface area contributed by atoms with Crippen molar-refractivity contribution >= 4 is 17.4 Å². The molecule has 1 aliphatic carbocycles. The molecule has 39 heavy (non-hydrogen) atoms. The van der Waals surface area contributed by atoms with E-state index in [4.69, 9.17) is 17.3 Å². The van der Waals surface area contributed by atoms with Gasteiger partial charge in [-0.1, -0.05) is 23.7 Å². The van der Waals surface area contributed by atoms with E-state index in [0.717, 1.165) is 23.1 Å². The maximum Gasteiger partial charge on any atom is 0.274 e. The normalized spacial score (nSPS) is 19.6. The predicted molar refractivity (Wildman–Crippen MR) is 149 cm³/mol. The van der Waals surface area contributed by atoms with E-state index in [9.17, 15) is 9.18 Å². The number of anilines is 1. The van der Waals surface area contributed by atoms with Gasteiger partial charge in [0.05, 0.1) is 11.4 Å². The average molecular weight is 548 g/mol. The van der Waals surface area contributed by atoms with Crippen LogP contribution in [0.4, 0.5) is 14.6 Å². The molecular weight excluding hydrogens is 520 g/mol. The van der Waals surface area contributed by atoms with Crippen LogP contribution in [0, 0.1) is 25.5 Å². The molecule has 2 aliphatic rings. The third kappa shape index (κ3) is 4.51. The Bertz CT molecular complexity index is 1660. The van der Waals surface area contributed by atoms with E-state index in [2.05, 4.69) is 9.97 Å². The smallest absolute Gasteiger partial charge is 0.274 e. The Labute approximate surface area is 230 Å². The van der Waals surface area contributed by atoms with E-state index in [0.29, 0.717) is 35.7 Å². The zero-order valence-electron chi connectivity index (χ0n) is 21.9. The predicted octanol–water partition coefficient (Wildman–Crippen LogP) is 5.65. The molecular formula is C30H28ClF2N5O. The Morgan fingerprint density at radius 2 is 1.77 bits per heavy atom. The summed E-state index contributed by atoms with van der Waals surface area (Å²) >= 11 is 6.68. The first-order valence-electron chi connectivity index (χ1n) is 12.9. The Kier molecular flexibility index (Phi) is 6.08. The van der Waals surface area contributed by atoms with Crippen LogP contribution < -0.4 is 16.2 Å². The first-order valence-corrected chi connectivity index (χ1v) is 13.2. The second kappa shape index (κ2) is 9.24. The molecule has 4 aromatic rings. The number of halogens is 3. The highest BCUT2D eigenvalue weighted by atomic mass is 35.5. The fraction of sp³-hybridized carbons (Fsp3) is 0.300. The third-order valence-corrected chi connectivity index (χ3v) is 8.10. The standard InChI is InChI=1S/C30H28ClF2N5O/c1-16-13-36-24(20-8-9-35-28(27(20)33)37-14-30(3,34)15-37)12-25(16)38-17(2)10-23(26(31)29(38)39)22-11-21(22)18-4-6-19(32)7-5-18/h4-10,12-13,21-22H,11,14-15,34H2,1-3H3/t21-,22+/m1/s1. The van der Waals surface area contributed by atoms with Crippen molar-refractivity contribution in [2.45, 2.75) is 44.6 Å². The highest BCUT2D eigenvalue weighted by Crippen LogP contribution is 2.55. The van der Waals surface area contributed by atoms with Crippen LogP contribution in [0.15, 0.2) is 59.7 Å². The number of pyridine rings is 3. The van der Waals surface area contributed by atoms with Crippen molar-refractivity contribution in [2.75, 3.05) is 18.0 Å². The minimum atomic E-state index is -0.478. The van der Waals surface area contributed by atoms with Crippen molar-refractivity contribution < 1.29 is 8.78 Å². The number of rotatable bonds is 5. The second-order valence-electron chi connectivity index (χ2n) is 11.1. The summed E-state index contributed by atoms with van der Waals surface area (Å²) < 4.78 is 30.5. The van der Waals surface area contributed by atoms with Gasteiger partial charge >= 0.3 is 0 Å². The number of aryl methyl sites for hydroxylation is 2. The van der Waals surface area contributed by atoms with Gasteiger partial charge in [-0.2, -0.15) is 0 Å². The van der Waals surface area contributed by atoms with Crippen LogP contribution in [0.2, 0.25) is 5.02 Å². The number of hydrogen-bond donors (Lipinski definition) is 1. The fourth-order valence-corrected chi connectivity index (χ4v) is 5.93. The summed E-state index contributed by atoms with van der Waals surface area (Å²) in [6.45, 7) is 6.64. The molecule has 0 amide bonds. The molecule has 0 bridgehead atoms. The largest absolute Gasteiger partial charge is 0.350 e. The third-order valence-electron chi connectivity index (χ3n) is 7.72. The summed E-state index contributed by atoms with van der Waals surface area (Å²) in [6.07, 6.45) is 4.03. The highest BCUT2D eigenvalue weighted by Gasteiger charge is 2.41. The first kappa shape index (κ1) is 25.6. The van der Waals surface area contributed by atoms with Crippen LogP contribution >= 0.6 is 11.6 Å². The summed E-state index contributed by atoms with van der Waals surface area (Å²) in [5.41, 5.74) is 9.94. The minimum Gasteiger partial charge on any atom is -0.350 e. The molecule has 9 heteroatoms. The molecule has 2 atom stereocenters. The zero-order chi connectivity index (χ0) is 27.6. The lowest BCUT2D eigenvalue weighted by Crippen LogP contribution is -2.66. The van der Waals surface area contributed by atoms with Gasteiger partial charge in [-0.3, -0.25) is 14.3 Å². The van der Waals surface area contributed by atoms with E-state index in [1.807, 2.05) is 26.8 Å². The van der Waals surface area contributed by atoms with Gasteiger partial charge < -0.3 is 10.6 Å². The van der Waals surface area contributed by atoms with Crippen LogP contribution in [0.25, 0.3) is 16.9 Å². The lowest BCUT2D eigenvalue weighted by atomic mass is 9.93. The molecule has 1 saturated carbocycles. The molecule has 3 aromatic heterocycles. The van der Waals surface area contributed by atoms with Crippen molar-refractivity contribution in [2.24, 2.45) is 5.73 Å². The van der Waals surface area contributed by atoms with E-state index in [1.165, 1.54) is 12.1 Å². The van der Waals surface area contributed by atoms with Crippen LogP contribution in [-0.2, 0) is 0 Å². The van der Waals surface area contributed by atoms with Crippen molar-refractivity contribution in [1.29, 1.82) is 0 Å². The summed E-state index contributed by atoms with van der Waals surface area (Å²) in [5, 5.41) is 0.160. The lowest BCUT2D eigenvalue weighted by Gasteiger charge is -2.46. The van der Waals surface area contributed by atoms with Crippen LogP contribution in [0.1, 0.15) is 47.6 Å². The minimum absolute atomic E-state index is 0.0966. The zero-order valence-corrected chi connectivity index (χ0v) is 22.6. The summed E-state index contributed by atoms with van der Waals surface area (Å²) in [7, 11) is 0. The van der Waals surface area contributed by atoms with Gasteiger partial charge in [0.1, 0.15) is 10.8 Å². The molecule has 1 saturated heterocycles. The van der Waals surface area contributed by atoms with Gasteiger partial charge in [0, 0.05) is 42.3 Å². The number of hydrogen-bond acceptors (Lipinski definition) is 5. The Balaban J connectivity index is 1.36. The van der Waals surface area contributed by atoms with Gasteiger partial charge in [-0.25, -0.2) is 13.8 Å². The van der Waals surface area contributed by atoms with E-state index >= 15 is 4.39 Å². The maximum absolute atomic E-state index is 15.6. The first-order chi connectivity index (χ1) is 18.5. The van der Waals surface area contributed by atoms with Crippen molar-refractivity contribution in [1.82, 2.24) is 14.5 Å². The monoisotopic (exact) mass is 547 g/mol. The maximum atomic E-state index is 15.6. The second-order valence-corrected chi connectivity index (χ2v) is 11.4. The van der Waals surface area contributed by atoms with Gasteiger partial charge in [-0.15, -0.1) is 0 Å². The van der Waals surface area contributed by atoms with Crippen LogP contribution in [-0.4, -0.2) is 33.2 Å². The van der Waals surface area contributed by atoms with E-state index < -0.39 is 5.82 Å². The Hall–Kier alpha value is -3.62. The SMILES string of the molecule is Cc1cnc(-c2ccnc(N3CC(C)(N)C3)c2F)cc1-n1c(C)cc([C@H]2C[C@@H]2c2ccc(F)cc2)c(Cl)c1=O. The molecule has 1 aliphatic heterocycles. The summed E-state index contributed by atoms with van der Waals surface area (Å²) in [5.74, 6) is -0.228. The van der Waals surface area contributed by atoms with Crippen molar-refractivity contribution in [3.63, 3.8) is 0 Å². The van der Waals surface area contributed by atoms with Crippen molar-refractivity contribution in [3.05, 3.63) is 104 Å². The molecule has 1 aromatic carbocycles. The van der Waals surface area contributed by atoms with Crippen molar-refractivity contribution in [3.8, 4) is 16.9 Å². The number of nitrogens with two attached hydrogens (primary N) is 1. The molecule has 2 N–H and O–H groups in total. The fourth-order valence-electron chi connectivity index (χ4n) is 5.65. The Morgan fingerprint density at radius 1 is 1.05 bits per heavy atom. The van der Waals surface area contributed by atoms with Gasteiger partial charge in [0.25, 0.3) is 5.56 Å². The van der Waals surface area contributed by atoms with E-state index in [-0.39, 0.29) is 39.6 Å². The molecule has 2 fully saturated rings. The molecule has 200 valence electrons. The summed E-state index contributed by atoms with van der Waals surface area (Å²) in [4.78, 5) is 24.1. The molecule has 4 heterocycles. The van der Waals surface area contributed by atoms with E-state index in [1.54, 1.807) is 46.1 Å². The van der Waals surface area contributed by atoms with Gasteiger partial charge in [-0.05, 0) is 86.1 Å². The van der Waals surface area contributed by atoms with Gasteiger partial charge in [0.2, 0.25) is 0 Å². The molecule has 0 unspecified atom stereocenters. The topological polar surface area (TPSA) is 77.0 Å². The van der Waals surface area contributed by atoms with Crippen LogP contribution in [0.3, 0.4) is 0 Å². The number of nitrogens with zero attached hydrogens (tertiary/aromatic N) is 4. The molecule has 6 nitrogen and oxygen atoms in total. The lowest BCUT2D eigenvalue weighted by molar-refractivity contribution is 0.358. The number of benzene rings is 1. The quantitative estimate of drug-likeness (QED) is 0.349.